The maximum absolute atomic E-state index is 15.3. The number of hydrogen-bond acceptors (Lipinski definition) is 8. The normalized spacial score (nSPS) is 19.5. The van der Waals surface area contributed by atoms with Crippen LogP contribution in [-0.2, 0) is 4.79 Å². The zero-order valence-electron chi connectivity index (χ0n) is 21.1. The van der Waals surface area contributed by atoms with E-state index in [-0.39, 0.29) is 46.6 Å². The van der Waals surface area contributed by atoms with Gasteiger partial charge < -0.3 is 19.7 Å². The second-order valence-corrected chi connectivity index (χ2v) is 10.1. The molecule has 3 aromatic heterocycles. The fourth-order valence-corrected chi connectivity index (χ4v) is 5.45. The number of pyridine rings is 1. The zero-order chi connectivity index (χ0) is 28.0. The lowest BCUT2D eigenvalue weighted by atomic mass is 9.92. The van der Waals surface area contributed by atoms with Gasteiger partial charge in [0.2, 0.25) is 5.91 Å². The van der Waals surface area contributed by atoms with E-state index in [0.717, 1.165) is 0 Å². The molecular formula is C26H23ClF2N8O3. The van der Waals surface area contributed by atoms with Crippen molar-refractivity contribution in [3.8, 4) is 22.8 Å². The summed E-state index contributed by atoms with van der Waals surface area (Å²) >= 11 is 6.10. The van der Waals surface area contributed by atoms with Crippen molar-refractivity contribution in [2.75, 3.05) is 6.61 Å². The average molecular weight is 569 g/mol. The molecule has 0 spiro atoms. The standard InChI is InChI=1S/C26H23ClF2N8O3/c1-13(11-38)40-26-23(28)16(6-7-30-26)18-10-31-25(33-18)20-4-2-15-8-14(9-21(39)37(15)20)22-19(36-12-32-34-35-36)5-3-17(27)24(22)29/h3,5-7,9-10,12-13,15,20,38H,2,4,8,11H2,1H3,(H,31,33)/t13-,15+,20+/m1/s1. The summed E-state index contributed by atoms with van der Waals surface area (Å²) in [7, 11) is 0. The largest absolute Gasteiger partial charge is 0.470 e. The number of amides is 1. The van der Waals surface area contributed by atoms with E-state index in [2.05, 4.69) is 30.5 Å². The number of carbonyl (C=O) groups is 1. The molecule has 4 aromatic rings. The molecule has 1 saturated heterocycles. The first-order valence-electron chi connectivity index (χ1n) is 12.6. The van der Waals surface area contributed by atoms with Gasteiger partial charge in [0, 0.05) is 29.4 Å². The van der Waals surface area contributed by atoms with Crippen LogP contribution in [0.3, 0.4) is 0 Å². The first-order valence-corrected chi connectivity index (χ1v) is 12.9. The Morgan fingerprint density at radius 3 is 2.85 bits per heavy atom. The number of aliphatic hydroxyl groups excluding tert-OH is 1. The number of fused-ring (bicyclic) bond motifs is 1. The van der Waals surface area contributed by atoms with Gasteiger partial charge in [-0.05, 0) is 60.4 Å². The van der Waals surface area contributed by atoms with Gasteiger partial charge in [-0.1, -0.05) is 11.6 Å². The summed E-state index contributed by atoms with van der Waals surface area (Å²) in [4.78, 5) is 26.7. The number of tetrazole rings is 1. The second-order valence-electron chi connectivity index (χ2n) is 9.65. The number of nitrogens with zero attached hydrogens (tertiary/aromatic N) is 7. The summed E-state index contributed by atoms with van der Waals surface area (Å²) in [6.45, 7) is 1.31. The maximum atomic E-state index is 15.3. The number of halogens is 3. The number of H-pyrrole nitrogens is 1. The van der Waals surface area contributed by atoms with Crippen molar-refractivity contribution < 1.29 is 23.4 Å². The van der Waals surface area contributed by atoms with Crippen LogP contribution in [0.1, 0.15) is 43.6 Å². The highest BCUT2D eigenvalue weighted by molar-refractivity contribution is 6.31. The van der Waals surface area contributed by atoms with Crippen LogP contribution < -0.4 is 4.74 Å². The van der Waals surface area contributed by atoms with Gasteiger partial charge in [-0.15, -0.1) is 5.10 Å². The van der Waals surface area contributed by atoms with Crippen molar-refractivity contribution in [1.29, 1.82) is 0 Å². The Labute approximate surface area is 231 Å². The Balaban J connectivity index is 1.29. The molecule has 2 aliphatic heterocycles. The summed E-state index contributed by atoms with van der Waals surface area (Å²) in [5.74, 6) is -1.35. The fraction of sp³-hybridized carbons (Fsp3) is 0.308. The first-order chi connectivity index (χ1) is 19.4. The Kier molecular flexibility index (Phi) is 6.76. The van der Waals surface area contributed by atoms with Crippen molar-refractivity contribution in [3.05, 3.63) is 71.0 Å². The molecule has 1 amide bonds. The van der Waals surface area contributed by atoms with E-state index in [1.54, 1.807) is 17.9 Å². The topological polar surface area (TPSA) is 135 Å². The molecule has 2 aliphatic rings. The van der Waals surface area contributed by atoms with Crippen LogP contribution in [0, 0.1) is 11.6 Å². The molecule has 1 aromatic carbocycles. The van der Waals surface area contributed by atoms with E-state index >= 15 is 8.78 Å². The Hall–Kier alpha value is -4.23. The minimum absolute atomic E-state index is 0.0715. The molecule has 11 nitrogen and oxygen atoms in total. The van der Waals surface area contributed by atoms with E-state index in [1.807, 2.05) is 0 Å². The van der Waals surface area contributed by atoms with E-state index in [0.29, 0.717) is 42.0 Å². The van der Waals surface area contributed by atoms with Crippen molar-refractivity contribution in [2.24, 2.45) is 0 Å². The molecule has 0 radical (unpaired) electrons. The van der Waals surface area contributed by atoms with E-state index in [9.17, 15) is 9.90 Å². The molecule has 0 unspecified atom stereocenters. The average Bonchev–Trinajstić information content (AvgIpc) is 3.72. The van der Waals surface area contributed by atoms with Crippen LogP contribution in [0.15, 0.2) is 43.0 Å². The van der Waals surface area contributed by atoms with Crippen LogP contribution in [0.25, 0.3) is 22.5 Å². The summed E-state index contributed by atoms with van der Waals surface area (Å²) in [5, 5.41) is 20.3. The third-order valence-electron chi connectivity index (χ3n) is 7.13. The van der Waals surface area contributed by atoms with Crippen molar-refractivity contribution in [1.82, 2.24) is 40.1 Å². The molecule has 0 aliphatic carbocycles. The number of aromatic nitrogens is 7. The zero-order valence-corrected chi connectivity index (χ0v) is 21.9. The molecular weight excluding hydrogens is 546 g/mol. The molecule has 0 bridgehead atoms. The Bertz CT molecular complexity index is 1610. The van der Waals surface area contributed by atoms with Crippen molar-refractivity contribution in [2.45, 2.75) is 44.4 Å². The molecule has 206 valence electrons. The molecule has 2 N–H and O–H groups in total. The smallest absolute Gasteiger partial charge is 0.251 e. The lowest BCUT2D eigenvalue weighted by molar-refractivity contribution is -0.129. The maximum Gasteiger partial charge on any atom is 0.251 e. The minimum Gasteiger partial charge on any atom is -0.470 e. The number of rotatable bonds is 7. The molecule has 1 fully saturated rings. The minimum atomic E-state index is -0.689. The van der Waals surface area contributed by atoms with Crippen molar-refractivity contribution >= 4 is 23.1 Å². The Morgan fingerprint density at radius 2 is 2.08 bits per heavy atom. The number of carbonyl (C=O) groups excluding carboxylic acids is 1. The van der Waals surface area contributed by atoms with E-state index < -0.39 is 17.7 Å². The van der Waals surface area contributed by atoms with Gasteiger partial charge >= 0.3 is 0 Å². The SMILES string of the molecule is C[C@H](CO)Oc1nccc(-c2cnc([C@@H]3CC[C@H]4CC(c5c(-n6cnnn6)ccc(Cl)c5F)=CC(=O)N43)[nH]2)c1F. The lowest BCUT2D eigenvalue weighted by Gasteiger charge is -2.33. The number of ether oxygens (including phenoxy) is 1. The summed E-state index contributed by atoms with van der Waals surface area (Å²) in [5.41, 5.74) is 1.65. The number of imidazole rings is 1. The summed E-state index contributed by atoms with van der Waals surface area (Å²) in [6.07, 6.45) is 6.70. The molecule has 0 saturated carbocycles. The van der Waals surface area contributed by atoms with E-state index in [4.69, 9.17) is 16.3 Å². The fourth-order valence-electron chi connectivity index (χ4n) is 5.29. The van der Waals surface area contributed by atoms with Gasteiger partial charge in [0.15, 0.2) is 11.6 Å². The first kappa shape index (κ1) is 26.0. The molecule has 40 heavy (non-hydrogen) atoms. The number of aliphatic hydroxyl groups is 1. The third kappa shape index (κ3) is 4.50. The number of aromatic amines is 1. The Morgan fingerprint density at radius 1 is 1.23 bits per heavy atom. The highest BCUT2D eigenvalue weighted by Gasteiger charge is 2.42. The number of hydrogen-bond donors (Lipinski definition) is 2. The summed E-state index contributed by atoms with van der Waals surface area (Å²) in [6, 6.07) is 3.94. The second kappa shape index (κ2) is 10.4. The van der Waals surface area contributed by atoms with Crippen LogP contribution in [0.5, 0.6) is 5.88 Å². The highest BCUT2D eigenvalue weighted by Crippen LogP contribution is 2.44. The van der Waals surface area contributed by atoms with Crippen LogP contribution in [-0.4, -0.2) is 69.8 Å². The summed E-state index contributed by atoms with van der Waals surface area (Å²) < 4.78 is 37.1. The number of benzene rings is 1. The quantitative estimate of drug-likeness (QED) is 0.345. The van der Waals surface area contributed by atoms with Gasteiger partial charge in [0.25, 0.3) is 5.88 Å². The van der Waals surface area contributed by atoms with Gasteiger partial charge in [-0.2, -0.15) is 4.68 Å². The van der Waals surface area contributed by atoms with Gasteiger partial charge in [-0.3, -0.25) is 4.79 Å². The van der Waals surface area contributed by atoms with Crippen LogP contribution >= 0.6 is 11.6 Å². The highest BCUT2D eigenvalue weighted by atomic mass is 35.5. The number of nitrogens with one attached hydrogen (secondary N) is 1. The van der Waals surface area contributed by atoms with Gasteiger partial charge in [-0.25, -0.2) is 18.7 Å². The molecule has 5 heterocycles. The van der Waals surface area contributed by atoms with Gasteiger partial charge in [0.1, 0.15) is 18.3 Å². The van der Waals surface area contributed by atoms with Crippen molar-refractivity contribution in [3.63, 3.8) is 0 Å². The van der Waals surface area contributed by atoms with Crippen LogP contribution in [0.4, 0.5) is 8.78 Å². The van der Waals surface area contributed by atoms with Crippen LogP contribution in [0.2, 0.25) is 5.02 Å². The molecule has 3 atom stereocenters. The molecule has 6 rings (SSSR count). The third-order valence-corrected chi connectivity index (χ3v) is 7.42. The lowest BCUT2D eigenvalue weighted by Crippen LogP contribution is -2.39. The van der Waals surface area contributed by atoms with Gasteiger partial charge in [0.05, 0.1) is 35.2 Å². The predicted octanol–water partition coefficient (Wildman–Crippen LogP) is 3.66. The monoisotopic (exact) mass is 568 g/mol. The molecule has 14 heteroatoms. The van der Waals surface area contributed by atoms with E-state index in [1.165, 1.54) is 41.6 Å². The predicted molar refractivity (Wildman–Crippen MR) is 138 cm³/mol.